The second kappa shape index (κ2) is 20.1. The van der Waals surface area contributed by atoms with E-state index in [1.165, 1.54) is 4.90 Å². The van der Waals surface area contributed by atoms with Crippen LogP contribution in [-0.2, 0) is 35.3 Å². The lowest BCUT2D eigenvalue weighted by molar-refractivity contribution is -0.140. The molecule has 310 valence electrons. The maximum atomic E-state index is 15.0. The number of aromatic nitrogens is 1. The lowest BCUT2D eigenvalue weighted by Gasteiger charge is -2.41. The van der Waals surface area contributed by atoms with Gasteiger partial charge in [0, 0.05) is 54.3 Å². The van der Waals surface area contributed by atoms with Crippen molar-refractivity contribution >= 4 is 41.4 Å². The van der Waals surface area contributed by atoms with Gasteiger partial charge in [-0.05, 0) is 41.7 Å². The van der Waals surface area contributed by atoms with Crippen molar-refractivity contribution in [3.05, 3.63) is 83.7 Å². The molecule has 0 bridgehead atoms. The summed E-state index contributed by atoms with van der Waals surface area (Å²) in [6, 6.07) is 11.5. The zero-order valence-corrected chi connectivity index (χ0v) is 33.3. The maximum Gasteiger partial charge on any atom is 0.321 e. The molecule has 1 aromatic heterocycles. The molecule has 1 saturated heterocycles. The SMILES string of the molecule is C[C@@H](SC1CC(=O)N(CCOCCNC(=O)[C@@H](N)CCN(C(=O)CO)[C@@H](c2cc(-c3cc(F)ccc3F)cn2Cc2ccccc2)C(C)(C)C)C1=O)[C@H](N)C(=O)O. The highest BCUT2D eigenvalue weighted by Gasteiger charge is 2.41. The van der Waals surface area contributed by atoms with E-state index in [4.69, 9.17) is 21.3 Å². The number of imide groups is 1. The van der Waals surface area contributed by atoms with Crippen LogP contribution in [0.1, 0.15) is 57.8 Å². The predicted octanol–water partition coefficient (Wildman–Crippen LogP) is 2.90. The van der Waals surface area contributed by atoms with E-state index in [0.717, 1.165) is 40.4 Å². The summed E-state index contributed by atoms with van der Waals surface area (Å²) in [7, 11) is 0. The monoisotopic (exact) mass is 814 g/mol. The third-order valence-corrected chi connectivity index (χ3v) is 11.0. The third-order valence-electron chi connectivity index (χ3n) is 9.63. The Hall–Kier alpha value is -4.68. The zero-order valence-electron chi connectivity index (χ0n) is 32.5. The van der Waals surface area contributed by atoms with E-state index in [9.17, 15) is 33.5 Å². The summed E-state index contributed by atoms with van der Waals surface area (Å²) in [4.78, 5) is 65.3. The van der Waals surface area contributed by atoms with Crippen LogP contribution in [0.15, 0.2) is 60.8 Å². The van der Waals surface area contributed by atoms with Crippen LogP contribution < -0.4 is 16.8 Å². The van der Waals surface area contributed by atoms with E-state index in [-0.39, 0.29) is 51.3 Å². The van der Waals surface area contributed by atoms with Gasteiger partial charge in [0.2, 0.25) is 23.6 Å². The van der Waals surface area contributed by atoms with Gasteiger partial charge in [-0.15, -0.1) is 11.8 Å². The van der Waals surface area contributed by atoms with Gasteiger partial charge in [-0.3, -0.25) is 28.9 Å². The molecule has 4 rings (SSSR count). The number of benzene rings is 2. The van der Waals surface area contributed by atoms with Crippen LogP contribution in [0.5, 0.6) is 0 Å². The molecule has 1 fully saturated rings. The van der Waals surface area contributed by atoms with Crippen molar-refractivity contribution in [1.29, 1.82) is 0 Å². The molecule has 1 aliphatic rings. The molecule has 57 heavy (non-hydrogen) atoms. The van der Waals surface area contributed by atoms with E-state index >= 15 is 4.39 Å². The Bertz CT molecular complexity index is 1890. The Balaban J connectivity index is 1.38. The first-order valence-corrected chi connectivity index (χ1v) is 19.6. The minimum absolute atomic E-state index is 0.00692. The minimum Gasteiger partial charge on any atom is -0.480 e. The van der Waals surface area contributed by atoms with Gasteiger partial charge in [0.05, 0.1) is 37.1 Å². The summed E-state index contributed by atoms with van der Waals surface area (Å²) in [6.07, 6.45) is 1.66. The number of carbonyl (C=O) groups excluding carboxylic acids is 4. The average Bonchev–Trinajstić information content (AvgIpc) is 3.68. The third kappa shape index (κ3) is 11.9. The second-order valence-corrected chi connectivity index (χ2v) is 16.6. The van der Waals surface area contributed by atoms with Crippen molar-refractivity contribution in [1.82, 2.24) is 19.7 Å². The second-order valence-electron chi connectivity index (χ2n) is 15.0. The van der Waals surface area contributed by atoms with Crippen molar-refractivity contribution in [3.8, 4) is 11.1 Å². The summed E-state index contributed by atoms with van der Waals surface area (Å²) in [6.45, 7) is 6.93. The van der Waals surface area contributed by atoms with Gasteiger partial charge >= 0.3 is 5.97 Å². The van der Waals surface area contributed by atoms with Crippen LogP contribution in [0.4, 0.5) is 8.78 Å². The van der Waals surface area contributed by atoms with Crippen molar-refractivity contribution in [3.63, 3.8) is 0 Å². The van der Waals surface area contributed by atoms with Crippen LogP contribution in [0.2, 0.25) is 0 Å². The fourth-order valence-corrected chi connectivity index (χ4v) is 7.97. The number of ether oxygens (including phenoxy) is 1. The highest BCUT2D eigenvalue weighted by atomic mass is 32.2. The number of amides is 4. The van der Waals surface area contributed by atoms with Crippen molar-refractivity contribution in [2.24, 2.45) is 16.9 Å². The molecule has 1 aliphatic heterocycles. The lowest BCUT2D eigenvalue weighted by atomic mass is 9.82. The summed E-state index contributed by atoms with van der Waals surface area (Å²) < 4.78 is 36.8. The van der Waals surface area contributed by atoms with Crippen molar-refractivity contribution in [2.75, 3.05) is 39.5 Å². The molecule has 5 atom stereocenters. The number of thioether (sulfide) groups is 1. The number of carboxylic acid groups (broad SMARTS) is 1. The van der Waals surface area contributed by atoms with E-state index in [2.05, 4.69) is 5.32 Å². The Labute approximate surface area is 334 Å². The number of aliphatic hydroxyl groups is 1. The van der Waals surface area contributed by atoms with Crippen LogP contribution in [0.3, 0.4) is 0 Å². The zero-order chi connectivity index (χ0) is 42.0. The van der Waals surface area contributed by atoms with Gasteiger partial charge in [0.15, 0.2) is 0 Å². The molecule has 4 amide bonds. The standard InChI is InChI=1S/C40H52F2N6O8S/c1-24(35(44)39(54)55)57-32-20-33(50)48(38(32)53)15-17-56-16-13-45-37(52)30(43)12-14-47(34(51)23-49)36(40(2,3)4)31-18-26(28-19-27(41)10-11-29(28)42)22-46(31)21-25-8-6-5-7-9-25/h5-11,18-19,22,24,30,32,35-36,49H,12-17,20-21,23,43-44H2,1-4H3,(H,45,52)(H,54,55)/t24-,30+,32?,35+,36+/m1/s1. The Morgan fingerprint density at radius 2 is 1.77 bits per heavy atom. The molecule has 0 radical (unpaired) electrons. The smallest absolute Gasteiger partial charge is 0.321 e. The average molecular weight is 815 g/mol. The molecule has 0 spiro atoms. The molecule has 2 aromatic carbocycles. The van der Waals surface area contributed by atoms with Crippen LogP contribution >= 0.6 is 11.8 Å². The van der Waals surface area contributed by atoms with Crippen LogP contribution in [0, 0.1) is 17.0 Å². The highest BCUT2D eigenvalue weighted by Crippen LogP contribution is 2.41. The first kappa shape index (κ1) is 45.0. The fraction of sp³-hybridized carbons (Fsp3) is 0.475. The summed E-state index contributed by atoms with van der Waals surface area (Å²) >= 11 is 1.05. The maximum absolute atomic E-state index is 15.0. The summed E-state index contributed by atoms with van der Waals surface area (Å²) in [5, 5.41) is 20.6. The van der Waals surface area contributed by atoms with Gasteiger partial charge in [0.1, 0.15) is 24.3 Å². The van der Waals surface area contributed by atoms with Crippen molar-refractivity contribution in [2.45, 2.75) is 75.7 Å². The summed E-state index contributed by atoms with van der Waals surface area (Å²) in [5.74, 6) is -4.39. The number of aliphatic hydroxyl groups excluding tert-OH is 1. The van der Waals surface area contributed by atoms with E-state index in [1.54, 1.807) is 19.2 Å². The molecule has 17 heteroatoms. The number of nitrogens with two attached hydrogens (primary N) is 2. The van der Waals surface area contributed by atoms with Gasteiger partial charge in [-0.1, -0.05) is 58.0 Å². The molecule has 0 aliphatic carbocycles. The summed E-state index contributed by atoms with van der Waals surface area (Å²) in [5.41, 5.74) is 13.2. The van der Waals surface area contributed by atoms with E-state index < -0.39 is 81.9 Å². The first-order valence-electron chi connectivity index (χ1n) is 18.6. The number of hydrogen-bond donors (Lipinski definition) is 5. The molecule has 1 unspecified atom stereocenters. The Kier molecular flexibility index (Phi) is 15.9. The topological polar surface area (TPSA) is 211 Å². The van der Waals surface area contributed by atoms with E-state index in [1.807, 2.05) is 55.7 Å². The predicted molar refractivity (Wildman–Crippen MR) is 211 cm³/mol. The van der Waals surface area contributed by atoms with Gasteiger partial charge in [-0.2, -0.15) is 0 Å². The lowest BCUT2D eigenvalue weighted by Crippen LogP contribution is -2.48. The molecule has 14 nitrogen and oxygen atoms in total. The Morgan fingerprint density at radius 1 is 1.07 bits per heavy atom. The molecule has 0 saturated carbocycles. The number of halogens is 2. The highest BCUT2D eigenvalue weighted by molar-refractivity contribution is 8.01. The number of nitrogens with zero attached hydrogens (tertiary/aromatic N) is 3. The molecule has 3 aromatic rings. The van der Waals surface area contributed by atoms with Gasteiger partial charge in [-0.25, -0.2) is 8.78 Å². The van der Waals surface area contributed by atoms with Crippen LogP contribution in [0.25, 0.3) is 11.1 Å². The molecule has 2 heterocycles. The van der Waals surface area contributed by atoms with Gasteiger partial charge < -0.3 is 41.2 Å². The number of likely N-dealkylation sites (tertiary alicyclic amines) is 1. The molecular weight excluding hydrogens is 763 g/mol. The normalized spacial score (nSPS) is 16.6. The quantitative estimate of drug-likeness (QED) is 0.0828. The number of aliphatic carboxylic acids is 1. The largest absolute Gasteiger partial charge is 0.480 e. The first-order chi connectivity index (χ1) is 26.9. The Morgan fingerprint density at radius 3 is 2.42 bits per heavy atom. The molecule has 7 N–H and O–H groups in total. The van der Waals surface area contributed by atoms with Gasteiger partial charge in [0.25, 0.3) is 0 Å². The van der Waals surface area contributed by atoms with Crippen molar-refractivity contribution < 1.29 is 47.7 Å². The fourth-order valence-electron chi connectivity index (χ4n) is 6.68. The number of nitrogens with one attached hydrogen (secondary N) is 1. The molecular formula is C40H52F2N6O8S. The van der Waals surface area contributed by atoms with Crippen LogP contribution in [-0.4, -0.2) is 116 Å². The van der Waals surface area contributed by atoms with E-state index in [0.29, 0.717) is 17.8 Å². The number of carboxylic acids is 1. The number of hydrogen-bond acceptors (Lipinski definition) is 10. The number of carbonyl (C=O) groups is 5. The minimum atomic E-state index is -1.20. The number of rotatable bonds is 20.